The summed E-state index contributed by atoms with van der Waals surface area (Å²) >= 11 is 0. The molecule has 2 atom stereocenters. The molecular weight excluding hydrogens is 322 g/mol. The maximum atomic E-state index is 12.9. The lowest BCUT2D eigenvalue weighted by molar-refractivity contribution is -0.141. The van der Waals surface area contributed by atoms with Gasteiger partial charge in [0.15, 0.2) is 0 Å². The van der Waals surface area contributed by atoms with Crippen LogP contribution in [0.5, 0.6) is 0 Å². The summed E-state index contributed by atoms with van der Waals surface area (Å²) in [6.45, 7) is 2.02. The second-order valence-corrected chi connectivity index (χ2v) is 6.99. The van der Waals surface area contributed by atoms with Gasteiger partial charge in [0.2, 0.25) is 5.91 Å². The molecule has 0 bridgehead atoms. The standard InChI is InChI=1S/C18H21N3O4/c22-16-9-13(17(23)24)10-21(16)14-6-7-19(11-14)18(25)20-8-5-12-3-1-2-4-15(12)20/h1-4,13-14H,5-11H2,(H,23,24). The number of rotatable bonds is 2. The number of benzene rings is 1. The number of carbonyl (C=O) groups is 3. The summed E-state index contributed by atoms with van der Waals surface area (Å²) in [5.74, 6) is -1.66. The van der Waals surface area contributed by atoms with Gasteiger partial charge in [-0.1, -0.05) is 18.2 Å². The van der Waals surface area contributed by atoms with Gasteiger partial charge in [-0.3, -0.25) is 14.5 Å². The van der Waals surface area contributed by atoms with Crippen LogP contribution in [0.15, 0.2) is 24.3 Å². The van der Waals surface area contributed by atoms with Gasteiger partial charge >= 0.3 is 12.0 Å². The molecule has 2 saturated heterocycles. The Hall–Kier alpha value is -2.57. The summed E-state index contributed by atoms with van der Waals surface area (Å²) in [5.41, 5.74) is 2.16. The zero-order valence-electron chi connectivity index (χ0n) is 13.9. The van der Waals surface area contributed by atoms with Crippen LogP contribution in [-0.4, -0.2) is 65.0 Å². The van der Waals surface area contributed by atoms with Crippen LogP contribution in [0.4, 0.5) is 10.5 Å². The van der Waals surface area contributed by atoms with Crippen LogP contribution < -0.4 is 4.90 Å². The Morgan fingerprint density at radius 3 is 2.68 bits per heavy atom. The second kappa shape index (κ2) is 6.06. The summed E-state index contributed by atoms with van der Waals surface area (Å²) in [7, 11) is 0. The second-order valence-electron chi connectivity index (χ2n) is 6.99. The molecule has 7 nitrogen and oxygen atoms in total. The van der Waals surface area contributed by atoms with E-state index in [-0.39, 0.29) is 30.9 Å². The predicted octanol–water partition coefficient (Wildman–Crippen LogP) is 1.18. The maximum Gasteiger partial charge on any atom is 0.324 e. The van der Waals surface area contributed by atoms with E-state index in [1.54, 1.807) is 9.80 Å². The lowest BCUT2D eigenvalue weighted by atomic mass is 10.1. The number of urea groups is 1. The number of anilines is 1. The molecule has 0 saturated carbocycles. The molecule has 0 radical (unpaired) electrons. The number of nitrogens with zero attached hydrogens (tertiary/aromatic N) is 3. The minimum Gasteiger partial charge on any atom is -0.481 e. The van der Waals surface area contributed by atoms with E-state index in [4.69, 9.17) is 5.11 Å². The van der Waals surface area contributed by atoms with Gasteiger partial charge in [0, 0.05) is 38.3 Å². The molecule has 2 fully saturated rings. The average Bonchev–Trinajstić information content (AvgIpc) is 3.31. The fourth-order valence-electron chi connectivity index (χ4n) is 4.13. The van der Waals surface area contributed by atoms with Gasteiger partial charge in [-0.15, -0.1) is 0 Å². The number of carbonyl (C=O) groups excluding carboxylic acids is 2. The normalized spacial score (nSPS) is 25.6. The molecule has 2 unspecified atom stereocenters. The first-order chi connectivity index (χ1) is 12.0. The first kappa shape index (κ1) is 15.9. The van der Waals surface area contributed by atoms with Crippen LogP contribution in [0.1, 0.15) is 18.4 Å². The van der Waals surface area contributed by atoms with Crippen molar-refractivity contribution in [3.05, 3.63) is 29.8 Å². The van der Waals surface area contributed by atoms with E-state index in [1.807, 2.05) is 29.2 Å². The van der Waals surface area contributed by atoms with Crippen molar-refractivity contribution >= 4 is 23.6 Å². The molecule has 25 heavy (non-hydrogen) atoms. The number of carboxylic acids is 1. The Labute approximate surface area is 145 Å². The molecule has 3 amide bonds. The predicted molar refractivity (Wildman–Crippen MR) is 90.3 cm³/mol. The van der Waals surface area contributed by atoms with Crippen molar-refractivity contribution in [3.63, 3.8) is 0 Å². The van der Waals surface area contributed by atoms with Crippen molar-refractivity contribution in [2.75, 3.05) is 31.1 Å². The van der Waals surface area contributed by atoms with Crippen LogP contribution in [0, 0.1) is 5.92 Å². The number of para-hydroxylation sites is 1. The van der Waals surface area contributed by atoms with Crippen molar-refractivity contribution in [2.24, 2.45) is 5.92 Å². The highest BCUT2D eigenvalue weighted by atomic mass is 16.4. The smallest absolute Gasteiger partial charge is 0.324 e. The molecule has 132 valence electrons. The Bertz CT molecular complexity index is 735. The van der Waals surface area contributed by atoms with Crippen molar-refractivity contribution in [2.45, 2.75) is 25.3 Å². The summed E-state index contributed by atoms with van der Waals surface area (Å²) < 4.78 is 0. The fourth-order valence-corrected chi connectivity index (χ4v) is 4.13. The largest absolute Gasteiger partial charge is 0.481 e. The molecule has 0 spiro atoms. The molecule has 3 heterocycles. The molecule has 4 rings (SSSR count). The van der Waals surface area contributed by atoms with E-state index in [2.05, 4.69) is 0 Å². The maximum absolute atomic E-state index is 12.9. The molecule has 1 aromatic carbocycles. The summed E-state index contributed by atoms with van der Waals surface area (Å²) in [6, 6.07) is 7.84. The quantitative estimate of drug-likeness (QED) is 0.874. The number of amides is 3. The number of fused-ring (bicyclic) bond motifs is 1. The molecule has 0 aliphatic carbocycles. The molecule has 1 aromatic rings. The summed E-state index contributed by atoms with van der Waals surface area (Å²) in [5, 5.41) is 9.12. The van der Waals surface area contributed by atoms with E-state index in [1.165, 1.54) is 5.56 Å². The van der Waals surface area contributed by atoms with Crippen molar-refractivity contribution in [1.29, 1.82) is 0 Å². The van der Waals surface area contributed by atoms with E-state index in [9.17, 15) is 14.4 Å². The van der Waals surface area contributed by atoms with Gasteiger partial charge in [0.25, 0.3) is 0 Å². The highest BCUT2D eigenvalue weighted by Gasteiger charge is 2.42. The van der Waals surface area contributed by atoms with Crippen LogP contribution in [-0.2, 0) is 16.0 Å². The van der Waals surface area contributed by atoms with E-state index >= 15 is 0 Å². The molecule has 3 aliphatic heterocycles. The topological polar surface area (TPSA) is 81.2 Å². The Kier molecular flexibility index (Phi) is 3.86. The van der Waals surface area contributed by atoms with Crippen LogP contribution in [0.25, 0.3) is 0 Å². The van der Waals surface area contributed by atoms with Crippen molar-refractivity contribution in [1.82, 2.24) is 9.80 Å². The lowest BCUT2D eigenvalue weighted by Crippen LogP contribution is -2.44. The monoisotopic (exact) mass is 343 g/mol. The van der Waals surface area contributed by atoms with Crippen molar-refractivity contribution < 1.29 is 19.5 Å². The number of aliphatic carboxylic acids is 1. The van der Waals surface area contributed by atoms with E-state index in [0.29, 0.717) is 26.1 Å². The van der Waals surface area contributed by atoms with Gasteiger partial charge in [-0.25, -0.2) is 4.79 Å². The zero-order chi connectivity index (χ0) is 17.6. The average molecular weight is 343 g/mol. The number of likely N-dealkylation sites (tertiary alicyclic amines) is 2. The molecule has 0 aromatic heterocycles. The van der Waals surface area contributed by atoms with Gasteiger partial charge in [-0.2, -0.15) is 0 Å². The molecule has 3 aliphatic rings. The highest BCUT2D eigenvalue weighted by Crippen LogP contribution is 2.30. The fraction of sp³-hybridized carbons (Fsp3) is 0.500. The Balaban J connectivity index is 1.42. The lowest BCUT2D eigenvalue weighted by Gasteiger charge is -2.27. The summed E-state index contributed by atoms with van der Waals surface area (Å²) in [4.78, 5) is 41.4. The van der Waals surface area contributed by atoms with Gasteiger partial charge in [0.05, 0.1) is 12.0 Å². The van der Waals surface area contributed by atoms with Crippen molar-refractivity contribution in [3.8, 4) is 0 Å². The number of hydrogen-bond acceptors (Lipinski definition) is 3. The number of hydrogen-bond donors (Lipinski definition) is 1. The molecule has 7 heteroatoms. The third-order valence-corrected chi connectivity index (χ3v) is 5.50. The Morgan fingerprint density at radius 1 is 1.12 bits per heavy atom. The van der Waals surface area contributed by atoms with Crippen LogP contribution in [0.3, 0.4) is 0 Å². The first-order valence-corrected chi connectivity index (χ1v) is 8.71. The number of carboxylic acid groups (broad SMARTS) is 1. The van der Waals surface area contributed by atoms with Crippen LogP contribution >= 0.6 is 0 Å². The Morgan fingerprint density at radius 2 is 1.92 bits per heavy atom. The van der Waals surface area contributed by atoms with Gasteiger partial charge in [-0.05, 0) is 24.5 Å². The molecular formula is C18H21N3O4. The SMILES string of the molecule is O=C(O)C1CC(=O)N(C2CCN(C(=O)N3CCc4ccccc43)C2)C1. The minimum atomic E-state index is -0.921. The van der Waals surface area contributed by atoms with Crippen LogP contribution in [0.2, 0.25) is 0 Å². The minimum absolute atomic E-state index is 0.0196. The van der Waals surface area contributed by atoms with E-state index in [0.717, 1.165) is 12.1 Å². The first-order valence-electron chi connectivity index (χ1n) is 8.71. The third kappa shape index (κ3) is 2.73. The zero-order valence-corrected chi connectivity index (χ0v) is 13.9. The third-order valence-electron chi connectivity index (χ3n) is 5.50. The van der Waals surface area contributed by atoms with E-state index < -0.39 is 11.9 Å². The molecule has 1 N–H and O–H groups in total. The summed E-state index contributed by atoms with van der Waals surface area (Å²) in [6.07, 6.45) is 1.64. The van der Waals surface area contributed by atoms with Gasteiger partial charge < -0.3 is 14.9 Å². The van der Waals surface area contributed by atoms with Gasteiger partial charge in [0.1, 0.15) is 0 Å². The highest BCUT2D eigenvalue weighted by molar-refractivity contribution is 5.94.